The van der Waals surface area contributed by atoms with E-state index in [0.29, 0.717) is 12.0 Å². The SMILES string of the molecule is CC(CN(C)C(C)c1cccs1)C(N)c1ccccc1. The molecule has 108 valence electrons. The van der Waals surface area contributed by atoms with E-state index in [9.17, 15) is 0 Å². The minimum Gasteiger partial charge on any atom is -0.324 e. The second kappa shape index (κ2) is 7.02. The van der Waals surface area contributed by atoms with Gasteiger partial charge in [-0.1, -0.05) is 43.3 Å². The fraction of sp³-hybridized carbons (Fsp3) is 0.412. The van der Waals surface area contributed by atoms with E-state index in [1.165, 1.54) is 10.4 Å². The molecule has 1 aromatic carbocycles. The molecule has 3 unspecified atom stereocenters. The van der Waals surface area contributed by atoms with Gasteiger partial charge in [0.05, 0.1) is 0 Å². The van der Waals surface area contributed by atoms with Crippen LogP contribution in [-0.2, 0) is 0 Å². The Bertz CT molecular complexity index is 495. The Labute approximate surface area is 126 Å². The van der Waals surface area contributed by atoms with Crippen LogP contribution in [0.1, 0.15) is 36.4 Å². The summed E-state index contributed by atoms with van der Waals surface area (Å²) in [6.45, 7) is 5.48. The van der Waals surface area contributed by atoms with Crippen LogP contribution < -0.4 is 5.73 Å². The van der Waals surface area contributed by atoms with Gasteiger partial charge in [0.1, 0.15) is 0 Å². The summed E-state index contributed by atoms with van der Waals surface area (Å²) < 4.78 is 0. The topological polar surface area (TPSA) is 29.3 Å². The zero-order valence-corrected chi connectivity index (χ0v) is 13.3. The zero-order chi connectivity index (χ0) is 14.5. The fourth-order valence-corrected chi connectivity index (χ4v) is 3.32. The Hall–Kier alpha value is -1.16. The molecule has 0 aliphatic heterocycles. The molecule has 0 saturated carbocycles. The summed E-state index contributed by atoms with van der Waals surface area (Å²) in [6.07, 6.45) is 0. The van der Waals surface area contributed by atoms with Gasteiger partial charge < -0.3 is 5.73 Å². The molecule has 0 saturated heterocycles. The fourth-order valence-electron chi connectivity index (χ4n) is 2.48. The number of nitrogens with zero attached hydrogens (tertiary/aromatic N) is 1. The summed E-state index contributed by atoms with van der Waals surface area (Å²) in [5.41, 5.74) is 7.60. The van der Waals surface area contributed by atoms with Gasteiger partial charge in [0.2, 0.25) is 0 Å². The maximum Gasteiger partial charge on any atom is 0.0410 e. The van der Waals surface area contributed by atoms with Gasteiger partial charge >= 0.3 is 0 Å². The van der Waals surface area contributed by atoms with Crippen molar-refractivity contribution in [2.45, 2.75) is 25.9 Å². The third-order valence-corrected chi connectivity index (χ3v) is 5.03. The van der Waals surface area contributed by atoms with Crippen LogP contribution in [0.25, 0.3) is 0 Å². The smallest absolute Gasteiger partial charge is 0.0410 e. The molecule has 0 radical (unpaired) electrons. The molecule has 20 heavy (non-hydrogen) atoms. The van der Waals surface area contributed by atoms with Gasteiger partial charge in [-0.3, -0.25) is 4.90 Å². The van der Waals surface area contributed by atoms with Gasteiger partial charge in [0, 0.05) is 23.5 Å². The van der Waals surface area contributed by atoms with Crippen molar-refractivity contribution in [2.75, 3.05) is 13.6 Å². The number of hydrogen-bond donors (Lipinski definition) is 1. The quantitative estimate of drug-likeness (QED) is 0.868. The van der Waals surface area contributed by atoms with Gasteiger partial charge in [-0.15, -0.1) is 11.3 Å². The predicted molar refractivity (Wildman–Crippen MR) is 87.9 cm³/mol. The molecule has 3 atom stereocenters. The summed E-state index contributed by atoms with van der Waals surface area (Å²) in [5.74, 6) is 0.421. The van der Waals surface area contributed by atoms with E-state index in [2.05, 4.69) is 67.6 Å². The second-order valence-corrected chi connectivity index (χ2v) is 6.52. The lowest BCUT2D eigenvalue weighted by Crippen LogP contribution is -2.32. The van der Waals surface area contributed by atoms with Crippen molar-refractivity contribution in [3.63, 3.8) is 0 Å². The molecule has 1 aromatic heterocycles. The molecule has 0 aliphatic carbocycles. The van der Waals surface area contributed by atoms with Crippen molar-refractivity contribution in [1.82, 2.24) is 4.90 Å². The molecule has 0 bridgehead atoms. The predicted octanol–water partition coefficient (Wildman–Crippen LogP) is 4.08. The maximum absolute atomic E-state index is 6.38. The maximum atomic E-state index is 6.38. The highest BCUT2D eigenvalue weighted by atomic mass is 32.1. The first kappa shape index (κ1) is 15.2. The van der Waals surface area contributed by atoms with Crippen LogP contribution in [0.3, 0.4) is 0 Å². The van der Waals surface area contributed by atoms with Gasteiger partial charge in [-0.25, -0.2) is 0 Å². The third kappa shape index (κ3) is 3.69. The number of hydrogen-bond acceptors (Lipinski definition) is 3. The highest BCUT2D eigenvalue weighted by Gasteiger charge is 2.20. The first-order valence-corrected chi connectivity index (χ1v) is 8.01. The standard InChI is InChI=1S/C17H24N2S/c1-13(17(18)15-8-5-4-6-9-15)12-19(3)14(2)16-10-7-11-20-16/h4-11,13-14,17H,12,18H2,1-3H3. The molecule has 0 amide bonds. The molecule has 0 fully saturated rings. The minimum absolute atomic E-state index is 0.0918. The van der Waals surface area contributed by atoms with Gasteiger partial charge in [-0.05, 0) is 36.9 Å². The summed E-state index contributed by atoms with van der Waals surface area (Å²) in [6, 6.07) is 15.2. The Morgan fingerprint density at radius 3 is 2.40 bits per heavy atom. The molecule has 2 aromatic rings. The van der Waals surface area contributed by atoms with Crippen LogP contribution in [0.2, 0.25) is 0 Å². The molecule has 0 spiro atoms. The van der Waals surface area contributed by atoms with Gasteiger partial charge in [0.25, 0.3) is 0 Å². The van der Waals surface area contributed by atoms with Crippen molar-refractivity contribution in [2.24, 2.45) is 11.7 Å². The Morgan fingerprint density at radius 2 is 1.80 bits per heavy atom. The van der Waals surface area contributed by atoms with Crippen LogP contribution in [0.15, 0.2) is 47.8 Å². The van der Waals surface area contributed by atoms with Crippen LogP contribution in [-0.4, -0.2) is 18.5 Å². The average molecular weight is 288 g/mol. The molecule has 2 nitrogen and oxygen atoms in total. The van der Waals surface area contributed by atoms with E-state index < -0.39 is 0 Å². The molecular formula is C17H24N2S. The van der Waals surface area contributed by atoms with E-state index in [0.717, 1.165) is 6.54 Å². The number of nitrogens with two attached hydrogens (primary N) is 1. The first-order valence-electron chi connectivity index (χ1n) is 7.13. The lowest BCUT2D eigenvalue weighted by molar-refractivity contribution is 0.214. The van der Waals surface area contributed by atoms with E-state index in [4.69, 9.17) is 5.73 Å². The van der Waals surface area contributed by atoms with Crippen LogP contribution in [0.4, 0.5) is 0 Å². The normalized spacial score (nSPS) is 16.1. The highest BCUT2D eigenvalue weighted by molar-refractivity contribution is 7.10. The van der Waals surface area contributed by atoms with E-state index in [1.54, 1.807) is 0 Å². The van der Waals surface area contributed by atoms with E-state index >= 15 is 0 Å². The third-order valence-electron chi connectivity index (χ3n) is 3.99. The summed E-state index contributed by atoms with van der Waals surface area (Å²) in [4.78, 5) is 3.80. The Kier molecular flexibility index (Phi) is 5.35. The second-order valence-electron chi connectivity index (χ2n) is 5.54. The van der Waals surface area contributed by atoms with Crippen molar-refractivity contribution in [3.05, 3.63) is 58.3 Å². The number of thiophene rings is 1. The molecule has 3 heteroatoms. The van der Waals surface area contributed by atoms with Crippen molar-refractivity contribution in [1.29, 1.82) is 0 Å². The summed E-state index contributed by atoms with van der Waals surface area (Å²) in [5, 5.41) is 2.14. The lowest BCUT2D eigenvalue weighted by atomic mass is 9.94. The molecule has 0 aliphatic rings. The number of benzene rings is 1. The molecule has 2 N–H and O–H groups in total. The first-order chi connectivity index (χ1) is 9.59. The molecule has 2 rings (SSSR count). The van der Waals surface area contributed by atoms with E-state index in [-0.39, 0.29) is 6.04 Å². The lowest BCUT2D eigenvalue weighted by Gasteiger charge is -2.29. The molecule has 1 heterocycles. The minimum atomic E-state index is 0.0918. The largest absolute Gasteiger partial charge is 0.324 e. The monoisotopic (exact) mass is 288 g/mol. The van der Waals surface area contributed by atoms with Crippen molar-refractivity contribution >= 4 is 11.3 Å². The zero-order valence-electron chi connectivity index (χ0n) is 12.5. The Balaban J connectivity index is 1.95. The summed E-state index contributed by atoms with van der Waals surface area (Å²) >= 11 is 1.82. The summed E-state index contributed by atoms with van der Waals surface area (Å²) in [7, 11) is 2.18. The highest BCUT2D eigenvalue weighted by Crippen LogP contribution is 2.26. The van der Waals surface area contributed by atoms with Crippen LogP contribution in [0, 0.1) is 5.92 Å². The van der Waals surface area contributed by atoms with Gasteiger partial charge in [-0.2, -0.15) is 0 Å². The average Bonchev–Trinajstić information content (AvgIpc) is 3.00. The Morgan fingerprint density at radius 1 is 1.10 bits per heavy atom. The van der Waals surface area contributed by atoms with Crippen LogP contribution in [0.5, 0.6) is 0 Å². The number of rotatable bonds is 6. The van der Waals surface area contributed by atoms with Crippen molar-refractivity contribution in [3.8, 4) is 0 Å². The molecular weight excluding hydrogens is 264 g/mol. The van der Waals surface area contributed by atoms with Crippen molar-refractivity contribution < 1.29 is 0 Å². The van der Waals surface area contributed by atoms with Crippen LogP contribution >= 0.6 is 11.3 Å². The van der Waals surface area contributed by atoms with E-state index in [1.807, 2.05) is 17.4 Å². The van der Waals surface area contributed by atoms with Gasteiger partial charge in [0.15, 0.2) is 0 Å².